The van der Waals surface area contributed by atoms with Crippen LogP contribution in [-0.2, 0) is 9.59 Å². The van der Waals surface area contributed by atoms with Crippen LogP contribution in [0, 0.1) is 0 Å². The number of urea groups is 1. The molecule has 0 bridgehead atoms. The second-order valence-corrected chi connectivity index (χ2v) is 3.67. The largest absolute Gasteiger partial charge is 0.326 e. The number of carbonyl (C=O) groups excluding carboxylic acids is 3. The zero-order valence-corrected chi connectivity index (χ0v) is 10.4. The fourth-order valence-corrected chi connectivity index (χ4v) is 1.27. The first kappa shape index (κ1) is 14.0. The highest BCUT2D eigenvalue weighted by Gasteiger charge is 2.06. The van der Waals surface area contributed by atoms with Gasteiger partial charge in [0.25, 0.3) is 0 Å². The number of hydrogen-bond acceptors (Lipinski definition) is 3. The quantitative estimate of drug-likeness (QED) is 0.727. The average Bonchev–Trinajstić information content (AvgIpc) is 2.28. The third-order valence-corrected chi connectivity index (χ3v) is 2.06. The minimum atomic E-state index is -0.680. The van der Waals surface area contributed by atoms with Crippen molar-refractivity contribution in [3.63, 3.8) is 0 Å². The van der Waals surface area contributed by atoms with Crippen molar-refractivity contribution in [2.75, 3.05) is 16.5 Å². The predicted molar refractivity (Wildman–Crippen MR) is 68.6 cm³/mol. The van der Waals surface area contributed by atoms with Gasteiger partial charge in [-0.3, -0.25) is 14.9 Å². The summed E-state index contributed by atoms with van der Waals surface area (Å²) in [6, 6.07) is 5.83. The molecule has 0 aliphatic heterocycles. The maximum Gasteiger partial charge on any atom is 0.325 e. The van der Waals surface area contributed by atoms with Crippen LogP contribution in [0.4, 0.5) is 16.2 Å². The van der Waals surface area contributed by atoms with E-state index in [0.717, 1.165) is 0 Å². The smallest absolute Gasteiger partial charge is 0.325 e. The first-order valence-electron chi connectivity index (χ1n) is 5.05. The van der Waals surface area contributed by atoms with E-state index < -0.39 is 11.9 Å². The Hall–Kier alpha value is -2.08. The Balaban J connectivity index is 2.64. The van der Waals surface area contributed by atoms with Crippen molar-refractivity contribution in [1.82, 2.24) is 5.32 Å². The Morgan fingerprint density at radius 3 is 2.33 bits per heavy atom. The summed E-state index contributed by atoms with van der Waals surface area (Å²) in [6.45, 7) is 1.38. The molecule has 6 nitrogen and oxygen atoms in total. The monoisotopic (exact) mass is 269 g/mol. The molecule has 1 rings (SSSR count). The molecule has 4 amide bonds. The maximum absolute atomic E-state index is 11.3. The van der Waals surface area contributed by atoms with Gasteiger partial charge in [0.1, 0.15) is 5.88 Å². The summed E-state index contributed by atoms with van der Waals surface area (Å²) >= 11 is 5.24. The van der Waals surface area contributed by atoms with Crippen LogP contribution in [0.1, 0.15) is 6.92 Å². The number of alkyl halides is 1. The average molecular weight is 270 g/mol. The molecule has 7 heteroatoms. The Labute approximate surface area is 109 Å². The third kappa shape index (κ3) is 4.84. The lowest BCUT2D eigenvalue weighted by atomic mass is 10.3. The van der Waals surface area contributed by atoms with Crippen molar-refractivity contribution in [1.29, 1.82) is 0 Å². The van der Waals surface area contributed by atoms with Gasteiger partial charge in [-0.1, -0.05) is 6.07 Å². The minimum Gasteiger partial charge on any atom is -0.326 e. The fourth-order valence-electron chi connectivity index (χ4n) is 1.20. The molecule has 0 radical (unpaired) electrons. The standard InChI is InChI=1S/C11H12ClN3O3/c1-7(16)13-8-3-2-4-9(5-8)14-11(18)15-10(17)6-12/h2-5H,6H2,1H3,(H,13,16)(H2,14,15,17,18). The molecule has 3 N–H and O–H groups in total. The van der Waals surface area contributed by atoms with E-state index in [9.17, 15) is 14.4 Å². The highest BCUT2D eigenvalue weighted by atomic mass is 35.5. The van der Waals surface area contributed by atoms with Gasteiger partial charge in [-0.25, -0.2) is 4.79 Å². The van der Waals surface area contributed by atoms with E-state index in [0.29, 0.717) is 11.4 Å². The molecule has 0 atom stereocenters. The number of nitrogens with one attached hydrogen (secondary N) is 3. The molecule has 0 saturated carbocycles. The van der Waals surface area contributed by atoms with Gasteiger partial charge >= 0.3 is 6.03 Å². The summed E-state index contributed by atoms with van der Waals surface area (Å²) in [5.74, 6) is -1.10. The zero-order valence-electron chi connectivity index (χ0n) is 9.62. The molecule has 0 saturated heterocycles. The summed E-state index contributed by atoms with van der Waals surface area (Å²) in [7, 11) is 0. The van der Waals surface area contributed by atoms with Gasteiger partial charge in [0.2, 0.25) is 11.8 Å². The van der Waals surface area contributed by atoms with Crippen molar-refractivity contribution in [3.05, 3.63) is 24.3 Å². The summed E-state index contributed by atoms with van der Waals surface area (Å²) in [5.41, 5.74) is 0.991. The van der Waals surface area contributed by atoms with E-state index in [1.165, 1.54) is 6.92 Å². The van der Waals surface area contributed by atoms with Gasteiger partial charge in [-0.15, -0.1) is 11.6 Å². The zero-order chi connectivity index (χ0) is 13.5. The molecule has 0 aromatic heterocycles. The van der Waals surface area contributed by atoms with Crippen LogP contribution in [0.25, 0.3) is 0 Å². The van der Waals surface area contributed by atoms with Gasteiger partial charge in [0.05, 0.1) is 0 Å². The van der Waals surface area contributed by atoms with Gasteiger partial charge in [0.15, 0.2) is 0 Å². The number of benzene rings is 1. The normalized spacial score (nSPS) is 9.44. The molecule has 0 aliphatic carbocycles. The highest BCUT2D eigenvalue weighted by molar-refractivity contribution is 6.28. The summed E-state index contributed by atoms with van der Waals surface area (Å²) < 4.78 is 0. The highest BCUT2D eigenvalue weighted by Crippen LogP contribution is 2.14. The molecular weight excluding hydrogens is 258 g/mol. The van der Waals surface area contributed by atoms with Crippen LogP contribution >= 0.6 is 11.6 Å². The molecule has 0 unspecified atom stereocenters. The van der Waals surface area contributed by atoms with Crippen LogP contribution in [0.5, 0.6) is 0 Å². The summed E-state index contributed by atoms with van der Waals surface area (Å²) in [4.78, 5) is 33.1. The molecule has 0 fully saturated rings. The lowest BCUT2D eigenvalue weighted by molar-refractivity contribution is -0.117. The number of carbonyl (C=O) groups is 3. The third-order valence-electron chi connectivity index (χ3n) is 1.82. The molecular formula is C11H12ClN3O3. The van der Waals surface area contributed by atoms with Crippen LogP contribution in [0.15, 0.2) is 24.3 Å². The molecule has 0 heterocycles. The lowest BCUT2D eigenvalue weighted by Crippen LogP contribution is -2.35. The van der Waals surface area contributed by atoms with Gasteiger partial charge in [0, 0.05) is 18.3 Å². The Kier molecular flexibility index (Phi) is 5.13. The van der Waals surface area contributed by atoms with Crippen LogP contribution in [0.2, 0.25) is 0 Å². The molecule has 1 aromatic rings. The first-order valence-corrected chi connectivity index (χ1v) is 5.59. The Bertz CT molecular complexity index is 476. The second-order valence-electron chi connectivity index (χ2n) is 3.40. The number of rotatable bonds is 3. The predicted octanol–water partition coefficient (Wildman–Crippen LogP) is 1.53. The first-order chi connectivity index (χ1) is 8.51. The van der Waals surface area contributed by atoms with Crippen molar-refractivity contribution < 1.29 is 14.4 Å². The molecule has 0 spiro atoms. The van der Waals surface area contributed by atoms with E-state index in [1.54, 1.807) is 24.3 Å². The summed E-state index contributed by atoms with van der Waals surface area (Å²) in [5, 5.41) is 7.04. The molecule has 0 aliphatic rings. The Morgan fingerprint density at radius 1 is 1.17 bits per heavy atom. The Morgan fingerprint density at radius 2 is 1.78 bits per heavy atom. The number of imide groups is 1. The number of anilines is 2. The van der Waals surface area contributed by atoms with Crippen molar-refractivity contribution >= 4 is 40.8 Å². The molecule has 18 heavy (non-hydrogen) atoms. The lowest BCUT2D eigenvalue weighted by Gasteiger charge is -2.07. The van der Waals surface area contributed by atoms with Crippen LogP contribution < -0.4 is 16.0 Å². The maximum atomic E-state index is 11.3. The van der Waals surface area contributed by atoms with Crippen LogP contribution in [0.3, 0.4) is 0 Å². The van der Waals surface area contributed by atoms with Gasteiger partial charge in [-0.2, -0.15) is 0 Å². The van der Waals surface area contributed by atoms with E-state index in [-0.39, 0.29) is 11.8 Å². The number of halogens is 1. The van der Waals surface area contributed by atoms with Crippen LogP contribution in [-0.4, -0.2) is 23.7 Å². The van der Waals surface area contributed by atoms with E-state index in [4.69, 9.17) is 11.6 Å². The van der Waals surface area contributed by atoms with E-state index in [2.05, 4.69) is 10.6 Å². The van der Waals surface area contributed by atoms with Crippen molar-refractivity contribution in [2.45, 2.75) is 6.92 Å². The summed E-state index contributed by atoms with van der Waals surface area (Å²) in [6.07, 6.45) is 0. The van der Waals surface area contributed by atoms with Gasteiger partial charge < -0.3 is 10.6 Å². The molecule has 1 aromatic carbocycles. The number of hydrogen-bond donors (Lipinski definition) is 3. The number of amides is 4. The van der Waals surface area contributed by atoms with Crippen molar-refractivity contribution in [3.8, 4) is 0 Å². The molecule has 96 valence electrons. The van der Waals surface area contributed by atoms with Gasteiger partial charge in [-0.05, 0) is 18.2 Å². The minimum absolute atomic E-state index is 0.214. The second kappa shape index (κ2) is 6.61. The topological polar surface area (TPSA) is 87.3 Å². The van der Waals surface area contributed by atoms with E-state index in [1.807, 2.05) is 5.32 Å². The van der Waals surface area contributed by atoms with E-state index >= 15 is 0 Å². The van der Waals surface area contributed by atoms with Crippen molar-refractivity contribution in [2.24, 2.45) is 0 Å². The fraction of sp³-hybridized carbons (Fsp3) is 0.182. The SMILES string of the molecule is CC(=O)Nc1cccc(NC(=O)NC(=O)CCl)c1.